The maximum Gasteiger partial charge on any atom is 0.261 e. The van der Waals surface area contributed by atoms with Crippen molar-refractivity contribution in [2.75, 3.05) is 19.8 Å². The smallest absolute Gasteiger partial charge is 0.261 e. The molecule has 1 atom stereocenters. The minimum Gasteiger partial charge on any atom is -0.480 e. The van der Waals surface area contributed by atoms with Crippen molar-refractivity contribution in [2.24, 2.45) is 5.92 Å². The Morgan fingerprint density at radius 2 is 2.30 bits per heavy atom. The van der Waals surface area contributed by atoms with Crippen molar-refractivity contribution in [3.63, 3.8) is 0 Å². The van der Waals surface area contributed by atoms with Crippen LogP contribution in [0.1, 0.15) is 18.4 Å². The van der Waals surface area contributed by atoms with E-state index in [1.807, 2.05) is 0 Å². The van der Waals surface area contributed by atoms with Crippen molar-refractivity contribution in [3.05, 3.63) is 29.6 Å². The molecule has 108 valence electrons. The normalized spacial score (nSPS) is 20.4. The first kappa shape index (κ1) is 13.4. The zero-order chi connectivity index (χ0) is 13.9. The summed E-state index contributed by atoms with van der Waals surface area (Å²) in [7, 11) is 0. The van der Waals surface area contributed by atoms with Crippen LogP contribution in [0.25, 0.3) is 0 Å². The van der Waals surface area contributed by atoms with E-state index in [2.05, 4.69) is 5.32 Å². The summed E-state index contributed by atoms with van der Waals surface area (Å²) in [5.41, 5.74) is 0.745. The van der Waals surface area contributed by atoms with Crippen LogP contribution < -0.4 is 10.1 Å². The van der Waals surface area contributed by atoms with Crippen LogP contribution in [0.5, 0.6) is 5.75 Å². The van der Waals surface area contributed by atoms with Gasteiger partial charge in [0, 0.05) is 25.1 Å². The summed E-state index contributed by atoms with van der Waals surface area (Å²) in [6.07, 6.45) is 2.38. The average molecular weight is 279 g/mol. The molecule has 0 bridgehead atoms. The van der Waals surface area contributed by atoms with E-state index in [9.17, 15) is 9.18 Å². The molecule has 5 heteroatoms. The van der Waals surface area contributed by atoms with Gasteiger partial charge in [-0.1, -0.05) is 0 Å². The lowest BCUT2D eigenvalue weighted by molar-refractivity contribution is -0.127. The topological polar surface area (TPSA) is 47.6 Å². The molecule has 20 heavy (non-hydrogen) atoms. The Balaban J connectivity index is 1.40. The molecule has 1 heterocycles. The van der Waals surface area contributed by atoms with Crippen LogP contribution in [0.3, 0.4) is 0 Å². The Hall–Kier alpha value is -1.62. The maximum atomic E-state index is 13.1. The molecule has 1 aliphatic carbocycles. The second-order valence-corrected chi connectivity index (χ2v) is 5.37. The molecular weight excluding hydrogens is 261 g/mol. The van der Waals surface area contributed by atoms with Crippen molar-refractivity contribution in [2.45, 2.75) is 25.4 Å². The van der Waals surface area contributed by atoms with Crippen molar-refractivity contribution >= 4 is 5.91 Å². The first-order valence-electron chi connectivity index (χ1n) is 7.03. The van der Waals surface area contributed by atoms with Gasteiger partial charge >= 0.3 is 0 Å². The van der Waals surface area contributed by atoms with Crippen molar-refractivity contribution in [1.29, 1.82) is 0 Å². The van der Waals surface area contributed by atoms with Gasteiger partial charge in [-0.15, -0.1) is 0 Å². The van der Waals surface area contributed by atoms with E-state index in [1.54, 1.807) is 6.07 Å². The molecular formula is C15H18FNO3. The summed E-state index contributed by atoms with van der Waals surface area (Å²) in [5.74, 6) is 0.850. The minimum absolute atomic E-state index is 0.170. The van der Waals surface area contributed by atoms with E-state index in [0.717, 1.165) is 18.1 Å². The van der Waals surface area contributed by atoms with E-state index < -0.39 is 6.10 Å². The fourth-order valence-corrected chi connectivity index (χ4v) is 2.26. The van der Waals surface area contributed by atoms with E-state index in [-0.39, 0.29) is 11.7 Å². The molecule has 4 nitrogen and oxygen atoms in total. The largest absolute Gasteiger partial charge is 0.480 e. The van der Waals surface area contributed by atoms with Crippen LogP contribution in [0.4, 0.5) is 4.39 Å². The summed E-state index contributed by atoms with van der Waals surface area (Å²) >= 11 is 0. The third-order valence-corrected chi connectivity index (χ3v) is 3.59. The molecule has 0 saturated heterocycles. The Morgan fingerprint density at radius 3 is 3.10 bits per heavy atom. The molecule has 0 unspecified atom stereocenters. The number of halogens is 1. The van der Waals surface area contributed by atoms with Crippen LogP contribution in [-0.2, 0) is 16.0 Å². The second kappa shape index (κ2) is 5.79. The average Bonchev–Trinajstić information content (AvgIpc) is 3.15. The summed E-state index contributed by atoms with van der Waals surface area (Å²) in [5, 5.41) is 2.79. The number of amides is 1. The van der Waals surface area contributed by atoms with Gasteiger partial charge in [0.1, 0.15) is 11.6 Å². The third-order valence-electron chi connectivity index (χ3n) is 3.59. The SMILES string of the molecule is O=C(NCCOCC1CC1)[C@@H]1Cc2cc(F)ccc2O1. The quantitative estimate of drug-likeness (QED) is 0.806. The van der Waals surface area contributed by atoms with E-state index in [1.165, 1.54) is 25.0 Å². The van der Waals surface area contributed by atoms with E-state index in [0.29, 0.717) is 25.3 Å². The van der Waals surface area contributed by atoms with Gasteiger partial charge in [0.05, 0.1) is 6.61 Å². The van der Waals surface area contributed by atoms with Crippen molar-refractivity contribution < 1.29 is 18.7 Å². The molecule has 3 rings (SSSR count). The van der Waals surface area contributed by atoms with Gasteiger partial charge in [-0.3, -0.25) is 4.79 Å². The lowest BCUT2D eigenvalue weighted by Crippen LogP contribution is -2.39. The number of nitrogens with one attached hydrogen (secondary N) is 1. The molecule has 0 spiro atoms. The number of hydrogen-bond acceptors (Lipinski definition) is 3. The van der Waals surface area contributed by atoms with Gasteiger partial charge in [-0.05, 0) is 37.0 Å². The number of carbonyl (C=O) groups excluding carboxylic acids is 1. The van der Waals surface area contributed by atoms with Gasteiger partial charge in [-0.2, -0.15) is 0 Å². The van der Waals surface area contributed by atoms with Crippen LogP contribution in [0.15, 0.2) is 18.2 Å². The Kier molecular flexibility index (Phi) is 3.87. The Bertz CT molecular complexity index is 502. The highest BCUT2D eigenvalue weighted by molar-refractivity contribution is 5.82. The first-order valence-corrected chi connectivity index (χ1v) is 7.03. The number of hydrogen-bond donors (Lipinski definition) is 1. The lowest BCUT2D eigenvalue weighted by Gasteiger charge is -2.11. The summed E-state index contributed by atoms with van der Waals surface area (Å²) in [6, 6.07) is 4.32. The number of rotatable bonds is 6. The highest BCUT2D eigenvalue weighted by Gasteiger charge is 2.29. The second-order valence-electron chi connectivity index (χ2n) is 5.37. The van der Waals surface area contributed by atoms with Gasteiger partial charge in [0.25, 0.3) is 5.91 Å². The zero-order valence-corrected chi connectivity index (χ0v) is 11.2. The zero-order valence-electron chi connectivity index (χ0n) is 11.2. The molecule has 1 amide bonds. The first-order chi connectivity index (χ1) is 9.72. The van der Waals surface area contributed by atoms with Gasteiger partial charge in [0.2, 0.25) is 0 Å². The standard InChI is InChI=1S/C15H18FNO3/c16-12-3-4-13-11(7-12)8-14(20-13)15(18)17-5-6-19-9-10-1-2-10/h3-4,7,10,14H,1-2,5-6,8-9H2,(H,17,18)/t14-/m0/s1. The van der Waals surface area contributed by atoms with Crippen LogP contribution >= 0.6 is 0 Å². The number of fused-ring (bicyclic) bond motifs is 1. The predicted octanol–water partition coefficient (Wildman–Crippen LogP) is 1.67. The minimum atomic E-state index is -0.560. The molecule has 2 aliphatic rings. The third kappa shape index (κ3) is 3.28. The maximum absolute atomic E-state index is 13.1. The van der Waals surface area contributed by atoms with Crippen LogP contribution in [-0.4, -0.2) is 31.8 Å². The molecule has 1 N–H and O–H groups in total. The van der Waals surface area contributed by atoms with Gasteiger partial charge in [0.15, 0.2) is 6.10 Å². The summed E-state index contributed by atoms with van der Waals surface area (Å²) in [4.78, 5) is 11.9. The van der Waals surface area contributed by atoms with Crippen molar-refractivity contribution in [1.82, 2.24) is 5.32 Å². The molecule has 0 aromatic heterocycles. The van der Waals surface area contributed by atoms with Gasteiger partial charge in [-0.25, -0.2) is 4.39 Å². The Labute approximate surface area is 117 Å². The molecule has 1 aliphatic heterocycles. The summed E-state index contributed by atoms with van der Waals surface area (Å²) < 4.78 is 24.0. The summed E-state index contributed by atoms with van der Waals surface area (Å²) in [6.45, 7) is 1.80. The van der Waals surface area contributed by atoms with Crippen LogP contribution in [0, 0.1) is 11.7 Å². The van der Waals surface area contributed by atoms with Crippen LogP contribution in [0.2, 0.25) is 0 Å². The van der Waals surface area contributed by atoms with Crippen molar-refractivity contribution in [3.8, 4) is 5.75 Å². The van der Waals surface area contributed by atoms with E-state index >= 15 is 0 Å². The fraction of sp³-hybridized carbons (Fsp3) is 0.533. The van der Waals surface area contributed by atoms with Gasteiger partial charge < -0.3 is 14.8 Å². The number of benzene rings is 1. The molecule has 0 radical (unpaired) electrons. The molecule has 1 aromatic rings. The molecule has 1 fully saturated rings. The number of ether oxygens (including phenoxy) is 2. The highest BCUT2D eigenvalue weighted by atomic mass is 19.1. The monoisotopic (exact) mass is 279 g/mol. The number of carbonyl (C=O) groups is 1. The predicted molar refractivity (Wildman–Crippen MR) is 71.1 cm³/mol. The molecule has 1 aromatic carbocycles. The Morgan fingerprint density at radius 1 is 1.45 bits per heavy atom. The van der Waals surface area contributed by atoms with E-state index in [4.69, 9.17) is 9.47 Å². The molecule has 1 saturated carbocycles. The lowest BCUT2D eigenvalue weighted by atomic mass is 10.1. The fourth-order valence-electron chi connectivity index (χ4n) is 2.26. The highest BCUT2D eigenvalue weighted by Crippen LogP contribution is 2.29.